The van der Waals surface area contributed by atoms with E-state index in [1.54, 1.807) is 0 Å². The fraction of sp³-hybridized carbons (Fsp3) is 0.571. The van der Waals surface area contributed by atoms with E-state index in [-0.39, 0.29) is 5.38 Å². The summed E-state index contributed by atoms with van der Waals surface area (Å²) < 4.78 is 6.46. The van der Waals surface area contributed by atoms with E-state index < -0.39 is 0 Å². The Bertz CT molecular complexity index is 352. The Morgan fingerprint density at radius 3 is 2.53 bits per heavy atom. The van der Waals surface area contributed by atoms with Crippen LogP contribution in [0.15, 0.2) is 22.7 Å². The molecule has 3 heteroatoms. The van der Waals surface area contributed by atoms with E-state index >= 15 is 0 Å². The van der Waals surface area contributed by atoms with Crippen LogP contribution in [0.3, 0.4) is 0 Å². The molecule has 17 heavy (non-hydrogen) atoms. The lowest BCUT2D eigenvalue weighted by molar-refractivity contribution is 0.338. The van der Waals surface area contributed by atoms with Crippen molar-refractivity contribution in [1.29, 1.82) is 0 Å². The fourth-order valence-corrected chi connectivity index (χ4v) is 2.40. The lowest BCUT2D eigenvalue weighted by atomic mass is 10.0. The van der Waals surface area contributed by atoms with Crippen LogP contribution in [0.5, 0.6) is 5.75 Å². The quantitative estimate of drug-likeness (QED) is 0.623. The molecule has 0 spiro atoms. The van der Waals surface area contributed by atoms with Gasteiger partial charge in [0.25, 0.3) is 0 Å². The summed E-state index contributed by atoms with van der Waals surface area (Å²) >= 11 is 9.90. The van der Waals surface area contributed by atoms with Crippen LogP contribution >= 0.6 is 27.5 Å². The van der Waals surface area contributed by atoms with Crippen molar-refractivity contribution >= 4 is 27.5 Å². The second-order valence-corrected chi connectivity index (χ2v) is 5.94. The smallest absolute Gasteiger partial charge is 0.133 e. The summed E-state index contributed by atoms with van der Waals surface area (Å²) in [6.07, 6.45) is 2.17. The normalized spacial score (nSPS) is 12.8. The maximum Gasteiger partial charge on any atom is 0.133 e. The molecule has 0 fully saturated rings. The molecule has 96 valence electrons. The predicted octanol–water partition coefficient (Wildman–Crippen LogP) is 5.56. The largest absolute Gasteiger partial charge is 0.493 e. The number of benzene rings is 1. The number of alkyl halides is 1. The van der Waals surface area contributed by atoms with Crippen molar-refractivity contribution in [3.05, 3.63) is 28.2 Å². The summed E-state index contributed by atoms with van der Waals surface area (Å²) in [5, 5.41) is 0.0874. The first-order chi connectivity index (χ1) is 8.04. The highest BCUT2D eigenvalue weighted by Gasteiger charge is 2.11. The van der Waals surface area contributed by atoms with Gasteiger partial charge in [0.1, 0.15) is 5.75 Å². The standard InChI is InChI=1S/C14H20BrClO/c1-4-17-14-8-6-11(9-12(14)15)13(16)7-5-10(2)3/h6,8-10,13H,4-5,7H2,1-3H3. The van der Waals surface area contributed by atoms with Crippen LogP contribution in [0.4, 0.5) is 0 Å². The zero-order chi connectivity index (χ0) is 12.8. The number of hydrogen-bond donors (Lipinski definition) is 0. The monoisotopic (exact) mass is 318 g/mol. The van der Waals surface area contributed by atoms with Crippen molar-refractivity contribution in [2.75, 3.05) is 6.61 Å². The Balaban J connectivity index is 2.68. The predicted molar refractivity (Wildman–Crippen MR) is 78.0 cm³/mol. The van der Waals surface area contributed by atoms with Gasteiger partial charge in [0.05, 0.1) is 16.5 Å². The Morgan fingerprint density at radius 2 is 2.00 bits per heavy atom. The van der Waals surface area contributed by atoms with E-state index in [1.807, 2.05) is 19.1 Å². The molecule has 1 unspecified atom stereocenters. The average Bonchev–Trinajstić information content (AvgIpc) is 2.28. The molecule has 0 aliphatic carbocycles. The van der Waals surface area contributed by atoms with Crippen molar-refractivity contribution in [1.82, 2.24) is 0 Å². The van der Waals surface area contributed by atoms with Gasteiger partial charge in [-0.3, -0.25) is 0 Å². The van der Waals surface area contributed by atoms with Gasteiger partial charge < -0.3 is 4.74 Å². The number of ether oxygens (including phenoxy) is 1. The molecule has 1 aromatic rings. The van der Waals surface area contributed by atoms with Crippen molar-refractivity contribution < 1.29 is 4.74 Å². The Hall–Kier alpha value is -0.210. The summed E-state index contributed by atoms with van der Waals surface area (Å²) in [6, 6.07) is 6.09. The maximum absolute atomic E-state index is 6.39. The zero-order valence-corrected chi connectivity index (χ0v) is 13.0. The first-order valence-corrected chi connectivity index (χ1v) is 7.33. The fourth-order valence-electron chi connectivity index (χ4n) is 1.63. The summed E-state index contributed by atoms with van der Waals surface area (Å²) in [6.45, 7) is 7.10. The first kappa shape index (κ1) is 14.8. The minimum absolute atomic E-state index is 0.0874. The minimum Gasteiger partial charge on any atom is -0.493 e. The first-order valence-electron chi connectivity index (χ1n) is 6.11. The summed E-state index contributed by atoms with van der Waals surface area (Å²) in [4.78, 5) is 0. The molecule has 0 bridgehead atoms. The van der Waals surface area contributed by atoms with Gasteiger partial charge in [-0.25, -0.2) is 0 Å². The number of rotatable bonds is 6. The molecule has 0 N–H and O–H groups in total. The lowest BCUT2D eigenvalue weighted by Gasteiger charge is -2.13. The van der Waals surface area contributed by atoms with Crippen molar-refractivity contribution in [2.45, 2.75) is 39.0 Å². The van der Waals surface area contributed by atoms with Gasteiger partial charge in [-0.2, -0.15) is 0 Å². The van der Waals surface area contributed by atoms with Crippen molar-refractivity contribution in [3.8, 4) is 5.75 Å². The van der Waals surface area contributed by atoms with Gasteiger partial charge in [0.15, 0.2) is 0 Å². The van der Waals surface area contributed by atoms with E-state index in [0.29, 0.717) is 12.5 Å². The van der Waals surface area contributed by atoms with Gasteiger partial charge in [-0.15, -0.1) is 11.6 Å². The third-order valence-corrected chi connectivity index (χ3v) is 3.70. The molecular formula is C14H20BrClO. The molecule has 0 saturated carbocycles. The SMILES string of the molecule is CCOc1ccc(C(Cl)CCC(C)C)cc1Br. The van der Waals surface area contributed by atoms with Gasteiger partial charge in [0, 0.05) is 0 Å². The maximum atomic E-state index is 6.39. The van der Waals surface area contributed by atoms with Crippen LogP contribution in [0.1, 0.15) is 44.6 Å². The second-order valence-electron chi connectivity index (χ2n) is 4.56. The van der Waals surface area contributed by atoms with E-state index in [1.165, 1.54) is 0 Å². The number of hydrogen-bond acceptors (Lipinski definition) is 1. The van der Waals surface area contributed by atoms with Crippen molar-refractivity contribution in [3.63, 3.8) is 0 Å². The summed E-state index contributed by atoms with van der Waals surface area (Å²) in [5.41, 5.74) is 1.16. The van der Waals surface area contributed by atoms with E-state index in [4.69, 9.17) is 16.3 Å². The van der Waals surface area contributed by atoms with Crippen LogP contribution < -0.4 is 4.74 Å². The molecule has 0 saturated heterocycles. The highest BCUT2D eigenvalue weighted by atomic mass is 79.9. The van der Waals surface area contributed by atoms with Gasteiger partial charge in [0.2, 0.25) is 0 Å². The Labute approximate surface area is 118 Å². The molecule has 1 atom stereocenters. The van der Waals surface area contributed by atoms with Crippen LogP contribution in [0.25, 0.3) is 0 Å². The van der Waals surface area contributed by atoms with Crippen LogP contribution in [0, 0.1) is 5.92 Å². The molecular weight excluding hydrogens is 300 g/mol. The average molecular weight is 320 g/mol. The molecule has 0 heterocycles. The molecule has 1 nitrogen and oxygen atoms in total. The van der Waals surface area contributed by atoms with Crippen LogP contribution in [0.2, 0.25) is 0 Å². The van der Waals surface area contributed by atoms with Gasteiger partial charge in [-0.05, 0) is 59.3 Å². The molecule has 0 aliphatic rings. The van der Waals surface area contributed by atoms with Crippen molar-refractivity contribution in [2.24, 2.45) is 5.92 Å². The van der Waals surface area contributed by atoms with Crippen LogP contribution in [-0.4, -0.2) is 6.61 Å². The van der Waals surface area contributed by atoms with Gasteiger partial charge in [-0.1, -0.05) is 19.9 Å². The lowest BCUT2D eigenvalue weighted by Crippen LogP contribution is -1.97. The van der Waals surface area contributed by atoms with Crippen LogP contribution in [-0.2, 0) is 0 Å². The molecule has 0 aliphatic heterocycles. The summed E-state index contributed by atoms with van der Waals surface area (Å²) in [5.74, 6) is 1.58. The topological polar surface area (TPSA) is 9.23 Å². The highest BCUT2D eigenvalue weighted by molar-refractivity contribution is 9.10. The second kappa shape index (κ2) is 7.27. The van der Waals surface area contributed by atoms with E-state index in [2.05, 4.69) is 35.8 Å². The zero-order valence-electron chi connectivity index (χ0n) is 10.7. The van der Waals surface area contributed by atoms with E-state index in [0.717, 1.165) is 28.6 Å². The molecule has 0 aromatic heterocycles. The molecule has 0 amide bonds. The number of halogens is 2. The third-order valence-electron chi connectivity index (χ3n) is 2.61. The molecule has 1 aromatic carbocycles. The Kier molecular flexibility index (Phi) is 6.35. The third kappa shape index (κ3) is 4.89. The highest BCUT2D eigenvalue weighted by Crippen LogP contribution is 2.33. The molecule has 0 radical (unpaired) electrons. The van der Waals surface area contributed by atoms with E-state index in [9.17, 15) is 0 Å². The van der Waals surface area contributed by atoms with Gasteiger partial charge >= 0.3 is 0 Å². The minimum atomic E-state index is 0.0874. The summed E-state index contributed by atoms with van der Waals surface area (Å²) in [7, 11) is 0. The molecule has 1 rings (SSSR count). The Morgan fingerprint density at radius 1 is 1.29 bits per heavy atom.